The van der Waals surface area contributed by atoms with Crippen molar-refractivity contribution in [3.8, 4) is 0 Å². The van der Waals surface area contributed by atoms with Gasteiger partial charge in [0.2, 0.25) is 0 Å². The lowest BCUT2D eigenvalue weighted by molar-refractivity contribution is -0.186. The molecule has 0 aliphatic carbocycles. The van der Waals surface area contributed by atoms with Crippen LogP contribution >= 0.6 is 0 Å². The lowest BCUT2D eigenvalue weighted by Gasteiger charge is -2.16. The highest BCUT2D eigenvalue weighted by atomic mass is 19.3. The van der Waals surface area contributed by atoms with Gasteiger partial charge in [-0.3, -0.25) is 4.94 Å². The van der Waals surface area contributed by atoms with E-state index in [0.29, 0.717) is 18.9 Å². The Morgan fingerprint density at radius 3 is 2.53 bits per heavy atom. The van der Waals surface area contributed by atoms with E-state index in [1.807, 2.05) is 44.2 Å². The molecule has 1 aromatic rings. The number of nitrogens with one attached hydrogen (secondary N) is 1. The molecule has 0 saturated heterocycles. The van der Waals surface area contributed by atoms with Gasteiger partial charge in [0.25, 0.3) is 0 Å². The van der Waals surface area contributed by atoms with Gasteiger partial charge in [-0.1, -0.05) is 44.2 Å². The summed E-state index contributed by atoms with van der Waals surface area (Å²) in [4.78, 5) is 14.5. The Labute approximate surface area is 101 Å². The first-order chi connectivity index (χ1) is 8.13. The fourth-order valence-corrected chi connectivity index (χ4v) is 1.62. The molecule has 0 fully saturated rings. The monoisotopic (exact) mass is 239 g/mol. The van der Waals surface area contributed by atoms with Crippen LogP contribution in [0.2, 0.25) is 0 Å². The third-order valence-electron chi connectivity index (χ3n) is 2.46. The van der Waals surface area contributed by atoms with Crippen LogP contribution < -0.4 is 5.32 Å². The Bertz CT molecular complexity index is 341. The number of benzene rings is 1. The number of hydrogen-bond acceptors (Lipinski definition) is 3. The highest BCUT2D eigenvalue weighted by Gasteiger charge is 2.21. The minimum Gasteiger partial charge on any atom is -0.300 e. The smallest absolute Gasteiger partial charge is 0.300 e. The molecule has 0 spiro atoms. The van der Waals surface area contributed by atoms with Crippen LogP contribution in [-0.2, 0) is 16.3 Å². The fraction of sp³-hybridized carbons (Fsp3) is 0.462. The zero-order chi connectivity index (χ0) is 12.7. The van der Waals surface area contributed by atoms with Crippen molar-refractivity contribution in [3.63, 3.8) is 0 Å². The summed E-state index contributed by atoms with van der Waals surface area (Å²) in [7, 11) is 0. The van der Waals surface area contributed by atoms with Crippen molar-refractivity contribution in [1.29, 1.82) is 0 Å². The minimum absolute atomic E-state index is 0.294. The highest BCUT2D eigenvalue weighted by molar-refractivity contribution is 5.75. The molecule has 0 radical (unpaired) electrons. The van der Waals surface area contributed by atoms with Crippen LogP contribution in [-0.4, -0.2) is 12.0 Å². The van der Waals surface area contributed by atoms with Gasteiger partial charge in [0.1, 0.15) is 6.04 Å². The molecule has 0 aliphatic heterocycles. The summed E-state index contributed by atoms with van der Waals surface area (Å²) in [5.74, 6) is -0.558. The molecule has 0 aliphatic rings. The van der Waals surface area contributed by atoms with Crippen molar-refractivity contribution in [2.75, 3.05) is 0 Å². The molecule has 94 valence electrons. The molecule has 0 heterocycles. The van der Waals surface area contributed by atoms with E-state index in [2.05, 4.69) is 10.3 Å². The zero-order valence-corrected chi connectivity index (χ0v) is 10.2. The summed E-state index contributed by atoms with van der Waals surface area (Å²) in [6.45, 7) is 4.47. The molecule has 0 bridgehead atoms. The number of halogens is 1. The molecule has 1 atom stereocenters. The molecule has 0 unspecified atom stereocenters. The van der Waals surface area contributed by atoms with Crippen molar-refractivity contribution < 1.29 is 14.3 Å². The van der Waals surface area contributed by atoms with E-state index in [1.54, 1.807) is 0 Å². The Hall–Kier alpha value is -1.42. The molecule has 3 nitrogen and oxygen atoms in total. The predicted molar refractivity (Wildman–Crippen MR) is 63.7 cm³/mol. The SMILES string of the molecule is CC(C)C[C@H](NCc1ccccc1)C(=O)OF. The minimum atomic E-state index is -0.852. The van der Waals surface area contributed by atoms with Gasteiger partial charge in [-0.15, -0.1) is 0 Å². The van der Waals surface area contributed by atoms with Crippen LogP contribution in [0.3, 0.4) is 0 Å². The lowest BCUT2D eigenvalue weighted by Crippen LogP contribution is -2.37. The van der Waals surface area contributed by atoms with E-state index in [0.717, 1.165) is 5.56 Å². The van der Waals surface area contributed by atoms with Crippen molar-refractivity contribution >= 4 is 5.97 Å². The Morgan fingerprint density at radius 2 is 2.00 bits per heavy atom. The van der Waals surface area contributed by atoms with E-state index in [1.165, 1.54) is 0 Å². The van der Waals surface area contributed by atoms with Crippen LogP contribution in [0.15, 0.2) is 30.3 Å². The molecule has 1 N–H and O–H groups in total. The summed E-state index contributed by atoms with van der Waals surface area (Å²) in [6, 6.07) is 9.05. The second-order valence-corrected chi connectivity index (χ2v) is 4.44. The molecular formula is C13H18FNO2. The summed E-state index contributed by atoms with van der Waals surface area (Å²) in [6.07, 6.45) is 0.551. The summed E-state index contributed by atoms with van der Waals surface area (Å²) >= 11 is 0. The second-order valence-electron chi connectivity index (χ2n) is 4.44. The molecule has 17 heavy (non-hydrogen) atoms. The van der Waals surface area contributed by atoms with Gasteiger partial charge in [-0.2, -0.15) is 0 Å². The first-order valence-corrected chi connectivity index (χ1v) is 5.73. The van der Waals surface area contributed by atoms with Gasteiger partial charge in [-0.05, 0) is 17.9 Å². The van der Waals surface area contributed by atoms with Gasteiger partial charge >= 0.3 is 5.97 Å². The molecule has 1 aromatic carbocycles. The summed E-state index contributed by atoms with van der Waals surface area (Å²) in [5, 5.41) is 3.00. The van der Waals surface area contributed by atoms with Gasteiger partial charge in [0, 0.05) is 11.1 Å². The quantitative estimate of drug-likeness (QED) is 0.829. The maximum Gasteiger partial charge on any atom is 0.365 e. The summed E-state index contributed by atoms with van der Waals surface area (Å²) in [5.41, 5.74) is 1.05. The van der Waals surface area contributed by atoms with Crippen LogP contribution in [0.4, 0.5) is 4.53 Å². The molecular weight excluding hydrogens is 221 g/mol. The van der Waals surface area contributed by atoms with Crippen LogP contribution in [0.1, 0.15) is 25.8 Å². The van der Waals surface area contributed by atoms with E-state index >= 15 is 0 Å². The Balaban J connectivity index is 2.52. The van der Waals surface area contributed by atoms with Gasteiger partial charge in [0.15, 0.2) is 0 Å². The average Bonchev–Trinajstić information content (AvgIpc) is 2.34. The third kappa shape index (κ3) is 4.95. The first-order valence-electron chi connectivity index (χ1n) is 5.73. The van der Waals surface area contributed by atoms with Gasteiger partial charge in [-0.25, -0.2) is 4.79 Å². The number of rotatable bonds is 6. The standard InChI is InChI=1S/C13H18FNO2/c1-10(2)8-12(13(16)17-14)15-9-11-6-4-3-5-7-11/h3-7,10,12,15H,8-9H2,1-2H3/t12-/m0/s1. The number of carbonyl (C=O) groups is 1. The van der Waals surface area contributed by atoms with Crippen LogP contribution in [0.5, 0.6) is 0 Å². The number of carbonyl (C=O) groups excluding carboxylic acids is 1. The average molecular weight is 239 g/mol. The van der Waals surface area contributed by atoms with Crippen molar-refractivity contribution in [1.82, 2.24) is 5.32 Å². The zero-order valence-electron chi connectivity index (χ0n) is 10.2. The van der Waals surface area contributed by atoms with E-state index in [9.17, 15) is 9.32 Å². The largest absolute Gasteiger partial charge is 0.365 e. The molecule has 0 aromatic heterocycles. The highest BCUT2D eigenvalue weighted by Crippen LogP contribution is 2.08. The normalized spacial score (nSPS) is 12.5. The van der Waals surface area contributed by atoms with Crippen LogP contribution in [0, 0.1) is 5.92 Å². The van der Waals surface area contributed by atoms with E-state index < -0.39 is 12.0 Å². The van der Waals surface area contributed by atoms with E-state index in [-0.39, 0.29) is 0 Å². The van der Waals surface area contributed by atoms with E-state index in [4.69, 9.17) is 0 Å². The molecule has 1 rings (SSSR count). The topological polar surface area (TPSA) is 38.3 Å². The van der Waals surface area contributed by atoms with Crippen molar-refractivity contribution in [2.24, 2.45) is 5.92 Å². The second kappa shape index (κ2) is 7.01. The molecule has 4 heteroatoms. The maximum atomic E-state index is 11.9. The van der Waals surface area contributed by atoms with Crippen molar-refractivity contribution in [3.05, 3.63) is 35.9 Å². The lowest BCUT2D eigenvalue weighted by atomic mass is 10.0. The number of hydrogen-bond donors (Lipinski definition) is 1. The third-order valence-corrected chi connectivity index (χ3v) is 2.46. The summed E-state index contributed by atoms with van der Waals surface area (Å²) < 4.78 is 11.9. The molecule has 0 amide bonds. The Kier molecular flexibility index (Phi) is 5.63. The fourth-order valence-electron chi connectivity index (χ4n) is 1.62. The predicted octanol–water partition coefficient (Wildman–Crippen LogP) is 2.62. The maximum absolute atomic E-state index is 11.9. The first kappa shape index (κ1) is 13.6. The molecule has 0 saturated carbocycles. The van der Waals surface area contributed by atoms with Gasteiger partial charge < -0.3 is 5.32 Å². The van der Waals surface area contributed by atoms with Crippen LogP contribution in [0.25, 0.3) is 0 Å². The van der Waals surface area contributed by atoms with Crippen molar-refractivity contribution in [2.45, 2.75) is 32.9 Å². The Morgan fingerprint density at radius 1 is 1.35 bits per heavy atom. The van der Waals surface area contributed by atoms with Gasteiger partial charge in [0.05, 0.1) is 0 Å².